The highest BCUT2D eigenvalue weighted by atomic mass is 15.5. The normalized spacial score (nSPS) is 18.7. The van der Waals surface area contributed by atoms with Crippen LogP contribution >= 0.6 is 0 Å². The van der Waals surface area contributed by atoms with Gasteiger partial charge in [-0.1, -0.05) is 75.2 Å². The third-order valence-electron chi connectivity index (χ3n) is 7.79. The number of unbranched alkanes of at least 4 members (excludes halogenated alkanes) is 2. The number of nitrogens with one attached hydrogen (secondary N) is 1. The van der Waals surface area contributed by atoms with Gasteiger partial charge in [-0.3, -0.25) is 0 Å². The number of H-pyrrole nitrogens is 1. The summed E-state index contributed by atoms with van der Waals surface area (Å²) in [7, 11) is 0. The lowest BCUT2D eigenvalue weighted by Gasteiger charge is -2.30. The molecule has 0 radical (unpaired) electrons. The molecule has 1 aliphatic carbocycles. The first-order valence-corrected chi connectivity index (χ1v) is 13.7. The second-order valence-corrected chi connectivity index (χ2v) is 10.4. The first-order chi connectivity index (χ1) is 18.1. The van der Waals surface area contributed by atoms with Crippen LogP contribution in [0.3, 0.4) is 0 Å². The Bertz CT molecular complexity index is 1250. The van der Waals surface area contributed by atoms with Gasteiger partial charge in [-0.15, -0.1) is 10.2 Å². The molecule has 4 aromatic rings. The van der Waals surface area contributed by atoms with Crippen LogP contribution in [0, 0.1) is 5.92 Å². The number of aromatic amines is 1. The largest absolute Gasteiger partial charge is 0.328 e. The fourth-order valence-electron chi connectivity index (χ4n) is 5.52. The summed E-state index contributed by atoms with van der Waals surface area (Å²) in [5.74, 6) is 3.70. The van der Waals surface area contributed by atoms with Gasteiger partial charge < -0.3 is 5.73 Å². The van der Waals surface area contributed by atoms with Gasteiger partial charge in [0.05, 0.1) is 6.54 Å². The van der Waals surface area contributed by atoms with Crippen molar-refractivity contribution in [3.8, 4) is 22.5 Å². The first kappa shape index (κ1) is 25.3. The van der Waals surface area contributed by atoms with Gasteiger partial charge in [-0.2, -0.15) is 10.3 Å². The second kappa shape index (κ2) is 11.8. The van der Waals surface area contributed by atoms with Crippen molar-refractivity contribution in [3.05, 3.63) is 65.7 Å². The van der Waals surface area contributed by atoms with E-state index in [1.54, 1.807) is 0 Å². The van der Waals surface area contributed by atoms with E-state index in [0.29, 0.717) is 23.7 Å². The molecule has 5 rings (SSSR count). The number of tetrazole rings is 1. The van der Waals surface area contributed by atoms with Crippen LogP contribution in [0.2, 0.25) is 0 Å². The van der Waals surface area contributed by atoms with Crippen LogP contribution in [0.4, 0.5) is 0 Å². The zero-order valence-electron chi connectivity index (χ0n) is 22.0. The molecule has 0 amide bonds. The number of hydrogen-bond donors (Lipinski definition) is 2. The van der Waals surface area contributed by atoms with Crippen molar-refractivity contribution in [2.45, 2.75) is 83.7 Å². The van der Waals surface area contributed by atoms with Crippen molar-refractivity contribution >= 4 is 0 Å². The van der Waals surface area contributed by atoms with Crippen LogP contribution in [-0.2, 0) is 13.0 Å². The van der Waals surface area contributed by atoms with Crippen LogP contribution < -0.4 is 5.73 Å². The molecule has 0 spiro atoms. The van der Waals surface area contributed by atoms with Gasteiger partial charge in [0, 0.05) is 23.9 Å². The second-order valence-electron chi connectivity index (χ2n) is 10.4. The third-order valence-corrected chi connectivity index (χ3v) is 7.79. The zero-order valence-corrected chi connectivity index (χ0v) is 22.0. The lowest BCUT2D eigenvalue weighted by molar-refractivity contribution is 0.281. The molecule has 0 saturated heterocycles. The van der Waals surface area contributed by atoms with Crippen molar-refractivity contribution in [1.29, 1.82) is 0 Å². The molecule has 3 N–H and O–H groups in total. The Morgan fingerprint density at radius 3 is 2.46 bits per heavy atom. The maximum Gasteiger partial charge on any atom is 0.205 e. The summed E-state index contributed by atoms with van der Waals surface area (Å²) in [5, 5.41) is 19.6. The van der Waals surface area contributed by atoms with Crippen molar-refractivity contribution in [3.63, 3.8) is 0 Å². The number of aromatic nitrogens is 7. The molecule has 0 bridgehead atoms. The van der Waals surface area contributed by atoms with Gasteiger partial charge in [0.15, 0.2) is 5.82 Å². The molecule has 1 fully saturated rings. The minimum atomic E-state index is 0.356. The average molecular weight is 499 g/mol. The number of benzene rings is 2. The third kappa shape index (κ3) is 5.96. The summed E-state index contributed by atoms with van der Waals surface area (Å²) < 4.78 is 2.16. The lowest BCUT2D eigenvalue weighted by Crippen LogP contribution is -2.29. The SMILES string of the molecule is CCCCCc1nc(C(C)C2CCC(N)CC2)n(Cc2ccc(-c3ccccc3-c3nn[nH]n3)cc2)n1. The Kier molecular flexibility index (Phi) is 8.04. The van der Waals surface area contributed by atoms with Gasteiger partial charge >= 0.3 is 0 Å². The van der Waals surface area contributed by atoms with Crippen LogP contribution in [0.5, 0.6) is 0 Å². The quantitative estimate of drug-likeness (QED) is 0.278. The fraction of sp³-hybridized carbons (Fsp3) is 0.483. The Morgan fingerprint density at radius 1 is 1.00 bits per heavy atom. The summed E-state index contributed by atoms with van der Waals surface area (Å²) in [5.41, 5.74) is 10.6. The molecule has 1 aliphatic rings. The lowest BCUT2D eigenvalue weighted by atomic mass is 9.79. The highest BCUT2D eigenvalue weighted by Gasteiger charge is 2.28. The summed E-state index contributed by atoms with van der Waals surface area (Å²) >= 11 is 0. The highest BCUT2D eigenvalue weighted by Crippen LogP contribution is 2.35. The number of aryl methyl sites for hydroxylation is 1. The summed E-state index contributed by atoms with van der Waals surface area (Å²) in [6.45, 7) is 5.28. The van der Waals surface area contributed by atoms with Crippen LogP contribution in [0.1, 0.15) is 81.9 Å². The fourth-order valence-corrected chi connectivity index (χ4v) is 5.52. The minimum Gasteiger partial charge on any atom is -0.328 e. The van der Waals surface area contributed by atoms with Crippen LogP contribution in [0.15, 0.2) is 48.5 Å². The van der Waals surface area contributed by atoms with E-state index in [9.17, 15) is 0 Å². The predicted octanol–water partition coefficient (Wildman–Crippen LogP) is 5.53. The van der Waals surface area contributed by atoms with Gasteiger partial charge in [0.2, 0.25) is 5.82 Å². The van der Waals surface area contributed by atoms with E-state index >= 15 is 0 Å². The molecule has 2 heterocycles. The monoisotopic (exact) mass is 498 g/mol. The number of rotatable bonds is 10. The zero-order chi connectivity index (χ0) is 25.6. The molecule has 1 saturated carbocycles. The summed E-state index contributed by atoms with van der Waals surface area (Å²) in [6.07, 6.45) is 9.08. The Labute approximate surface area is 219 Å². The first-order valence-electron chi connectivity index (χ1n) is 13.7. The van der Waals surface area contributed by atoms with E-state index in [2.05, 4.69) is 69.5 Å². The molecular weight excluding hydrogens is 460 g/mol. The van der Waals surface area contributed by atoms with Crippen LogP contribution in [0.25, 0.3) is 22.5 Å². The Morgan fingerprint density at radius 2 is 1.76 bits per heavy atom. The van der Waals surface area contributed by atoms with Crippen molar-refractivity contribution < 1.29 is 0 Å². The Balaban J connectivity index is 1.37. The summed E-state index contributed by atoms with van der Waals surface area (Å²) in [6, 6.07) is 17.2. The molecule has 37 heavy (non-hydrogen) atoms. The van der Waals surface area contributed by atoms with E-state index < -0.39 is 0 Å². The number of hydrogen-bond acceptors (Lipinski definition) is 6. The topological polar surface area (TPSA) is 111 Å². The van der Waals surface area contributed by atoms with Crippen molar-refractivity contribution in [2.24, 2.45) is 11.7 Å². The molecule has 2 aromatic heterocycles. The number of nitrogens with two attached hydrogens (primary N) is 1. The average Bonchev–Trinajstić information content (AvgIpc) is 3.60. The predicted molar refractivity (Wildman–Crippen MR) is 146 cm³/mol. The van der Waals surface area contributed by atoms with Crippen molar-refractivity contribution in [2.75, 3.05) is 0 Å². The van der Waals surface area contributed by atoms with E-state index in [1.165, 1.54) is 31.2 Å². The molecular formula is C29H38N8. The standard InChI is InChI=1S/C29H38N8/c1-3-4-5-10-27-31-29(20(2)22-15-17-24(30)18-16-22)37(34-27)19-21-11-13-23(14-12-21)25-8-6-7-9-26(25)28-32-35-36-33-28/h6-9,11-14,20,22,24H,3-5,10,15-19,30H2,1-2H3,(H,32,33,35,36). The summed E-state index contributed by atoms with van der Waals surface area (Å²) in [4.78, 5) is 5.08. The van der Waals surface area contributed by atoms with Gasteiger partial charge in [0.25, 0.3) is 0 Å². The highest BCUT2D eigenvalue weighted by molar-refractivity contribution is 5.80. The molecule has 194 valence electrons. The van der Waals surface area contributed by atoms with Crippen molar-refractivity contribution in [1.82, 2.24) is 35.4 Å². The minimum absolute atomic E-state index is 0.356. The molecule has 8 nitrogen and oxygen atoms in total. The molecule has 2 aromatic carbocycles. The van der Waals surface area contributed by atoms with E-state index in [-0.39, 0.29) is 0 Å². The smallest absolute Gasteiger partial charge is 0.205 e. The number of nitrogens with zero attached hydrogens (tertiary/aromatic N) is 6. The molecule has 1 atom stereocenters. The van der Waals surface area contributed by atoms with Gasteiger partial charge in [-0.25, -0.2) is 9.67 Å². The van der Waals surface area contributed by atoms with E-state index in [1.807, 2.05) is 18.2 Å². The maximum absolute atomic E-state index is 6.19. The molecule has 1 unspecified atom stereocenters. The van der Waals surface area contributed by atoms with Gasteiger partial charge in [-0.05, 0) is 59.9 Å². The Hall–Kier alpha value is -3.39. The maximum atomic E-state index is 6.19. The van der Waals surface area contributed by atoms with E-state index in [4.69, 9.17) is 15.8 Å². The van der Waals surface area contributed by atoms with E-state index in [0.717, 1.165) is 60.6 Å². The molecule has 8 heteroatoms. The van der Waals surface area contributed by atoms with Gasteiger partial charge in [0.1, 0.15) is 5.82 Å². The molecule has 0 aliphatic heterocycles. The van der Waals surface area contributed by atoms with Crippen LogP contribution in [-0.4, -0.2) is 41.4 Å².